The van der Waals surface area contributed by atoms with Crippen LogP contribution in [0.3, 0.4) is 0 Å². The molecule has 0 radical (unpaired) electrons. The molecule has 6 heteroatoms. The zero-order chi connectivity index (χ0) is 16.6. The summed E-state index contributed by atoms with van der Waals surface area (Å²) in [5.74, 6) is 0. The van der Waals surface area contributed by atoms with Gasteiger partial charge < -0.3 is 9.67 Å². The number of halogens is 1. The Morgan fingerprint density at radius 3 is 2.52 bits per heavy atom. The molecule has 5 nitrogen and oxygen atoms in total. The normalized spacial score (nSPS) is 11.1. The van der Waals surface area contributed by atoms with Crippen molar-refractivity contribution < 1.29 is 5.11 Å². The molecule has 3 rings (SSSR count). The molecule has 23 heavy (non-hydrogen) atoms. The van der Waals surface area contributed by atoms with Gasteiger partial charge in [0.25, 0.3) is 5.56 Å². The summed E-state index contributed by atoms with van der Waals surface area (Å²) in [6.45, 7) is -0.144. The van der Waals surface area contributed by atoms with Crippen molar-refractivity contribution in [1.82, 2.24) is 9.13 Å². The molecule has 118 valence electrons. The standard InChI is InChI=1S/C17H15BrN2O3/c1-19-10-11(8-9-21)16(22)20(17(19)23)15-7-3-4-12-13(15)5-2-6-14(12)18/h2-7,10,21H,8-9H2,1H3. The summed E-state index contributed by atoms with van der Waals surface area (Å²) in [7, 11) is 1.60. The summed E-state index contributed by atoms with van der Waals surface area (Å²) in [6.07, 6.45) is 1.69. The molecule has 0 aliphatic carbocycles. The van der Waals surface area contributed by atoms with Gasteiger partial charge in [-0.25, -0.2) is 9.36 Å². The van der Waals surface area contributed by atoms with Gasteiger partial charge in [0.15, 0.2) is 0 Å². The second kappa shape index (κ2) is 6.14. The minimum absolute atomic E-state index is 0.144. The van der Waals surface area contributed by atoms with Crippen LogP contribution in [0.5, 0.6) is 0 Å². The molecule has 0 fully saturated rings. The molecular formula is C17H15BrN2O3. The molecule has 0 saturated carbocycles. The molecule has 0 bridgehead atoms. The highest BCUT2D eigenvalue weighted by Gasteiger charge is 2.14. The number of benzene rings is 2. The summed E-state index contributed by atoms with van der Waals surface area (Å²) in [4.78, 5) is 25.2. The van der Waals surface area contributed by atoms with E-state index in [2.05, 4.69) is 15.9 Å². The average molecular weight is 375 g/mol. The number of nitrogens with zero attached hydrogens (tertiary/aromatic N) is 2. The van der Waals surface area contributed by atoms with Crippen molar-refractivity contribution in [3.05, 3.63) is 73.5 Å². The number of aromatic nitrogens is 2. The number of hydrogen-bond donors (Lipinski definition) is 1. The number of aliphatic hydroxyl groups excluding tert-OH is 1. The molecule has 0 amide bonds. The van der Waals surface area contributed by atoms with Crippen LogP contribution in [0.2, 0.25) is 0 Å². The lowest BCUT2D eigenvalue weighted by Crippen LogP contribution is -2.39. The maximum absolute atomic E-state index is 12.7. The lowest BCUT2D eigenvalue weighted by molar-refractivity contribution is 0.298. The van der Waals surface area contributed by atoms with Crippen molar-refractivity contribution in [3.63, 3.8) is 0 Å². The van der Waals surface area contributed by atoms with Gasteiger partial charge in [-0.1, -0.05) is 40.2 Å². The Hall–Kier alpha value is -2.18. The smallest absolute Gasteiger partial charge is 0.335 e. The highest BCUT2D eigenvalue weighted by molar-refractivity contribution is 9.10. The minimum Gasteiger partial charge on any atom is -0.396 e. The van der Waals surface area contributed by atoms with Crippen LogP contribution >= 0.6 is 15.9 Å². The fourth-order valence-corrected chi connectivity index (χ4v) is 3.19. The van der Waals surface area contributed by atoms with Crippen LogP contribution in [0.4, 0.5) is 0 Å². The highest BCUT2D eigenvalue weighted by atomic mass is 79.9. The fraction of sp³-hybridized carbons (Fsp3) is 0.176. The monoisotopic (exact) mass is 374 g/mol. The Morgan fingerprint density at radius 1 is 1.09 bits per heavy atom. The summed E-state index contributed by atoms with van der Waals surface area (Å²) in [5.41, 5.74) is 0.134. The third-order valence-corrected chi connectivity index (χ3v) is 4.48. The molecule has 1 aromatic heterocycles. The fourth-order valence-electron chi connectivity index (χ4n) is 2.69. The first-order chi connectivity index (χ1) is 11.0. The predicted octanol–water partition coefficient (Wildman–Crippen LogP) is 1.99. The molecule has 0 aliphatic heterocycles. The van der Waals surface area contributed by atoms with Gasteiger partial charge in [0, 0.05) is 41.7 Å². The van der Waals surface area contributed by atoms with E-state index in [1.54, 1.807) is 13.1 Å². The summed E-state index contributed by atoms with van der Waals surface area (Å²) >= 11 is 3.49. The zero-order valence-corrected chi connectivity index (χ0v) is 14.1. The second-order valence-electron chi connectivity index (χ2n) is 5.27. The van der Waals surface area contributed by atoms with Gasteiger partial charge in [-0.15, -0.1) is 0 Å². The van der Waals surface area contributed by atoms with E-state index in [0.29, 0.717) is 11.3 Å². The van der Waals surface area contributed by atoms with Gasteiger partial charge >= 0.3 is 5.69 Å². The van der Waals surface area contributed by atoms with Gasteiger partial charge in [-0.05, 0) is 17.5 Å². The van der Waals surface area contributed by atoms with E-state index in [-0.39, 0.29) is 13.0 Å². The van der Waals surface area contributed by atoms with Gasteiger partial charge in [-0.3, -0.25) is 4.79 Å². The molecule has 1 heterocycles. The quantitative estimate of drug-likeness (QED) is 0.762. The van der Waals surface area contributed by atoms with Crippen molar-refractivity contribution >= 4 is 26.7 Å². The first-order valence-corrected chi connectivity index (χ1v) is 7.94. The third kappa shape index (κ3) is 2.64. The van der Waals surface area contributed by atoms with Crippen molar-refractivity contribution in [2.24, 2.45) is 7.05 Å². The minimum atomic E-state index is -0.413. The zero-order valence-electron chi connectivity index (χ0n) is 12.5. The molecule has 0 spiro atoms. The number of hydrogen-bond acceptors (Lipinski definition) is 3. The topological polar surface area (TPSA) is 64.2 Å². The lowest BCUT2D eigenvalue weighted by Gasteiger charge is -2.12. The van der Waals surface area contributed by atoms with E-state index in [0.717, 1.165) is 15.2 Å². The van der Waals surface area contributed by atoms with Gasteiger partial charge in [-0.2, -0.15) is 0 Å². The second-order valence-corrected chi connectivity index (χ2v) is 6.13. The van der Waals surface area contributed by atoms with Crippen LogP contribution in [-0.2, 0) is 13.5 Å². The van der Waals surface area contributed by atoms with Gasteiger partial charge in [0.1, 0.15) is 0 Å². The molecule has 1 N–H and O–H groups in total. The van der Waals surface area contributed by atoms with E-state index in [4.69, 9.17) is 5.11 Å². The van der Waals surface area contributed by atoms with Crippen LogP contribution in [-0.4, -0.2) is 20.8 Å². The van der Waals surface area contributed by atoms with Crippen LogP contribution in [0.1, 0.15) is 5.56 Å². The molecule has 0 saturated heterocycles. The Labute approximate surface area is 140 Å². The number of aliphatic hydroxyl groups is 1. The molecule has 3 aromatic rings. The first kappa shape index (κ1) is 15.7. The Balaban J connectivity index is 2.43. The third-order valence-electron chi connectivity index (χ3n) is 3.79. The van der Waals surface area contributed by atoms with Crippen molar-refractivity contribution in [1.29, 1.82) is 0 Å². The van der Waals surface area contributed by atoms with Crippen LogP contribution in [0, 0.1) is 0 Å². The van der Waals surface area contributed by atoms with E-state index in [9.17, 15) is 9.59 Å². The van der Waals surface area contributed by atoms with E-state index >= 15 is 0 Å². The van der Waals surface area contributed by atoms with Gasteiger partial charge in [0.2, 0.25) is 0 Å². The van der Waals surface area contributed by atoms with Crippen molar-refractivity contribution in [2.45, 2.75) is 6.42 Å². The predicted molar refractivity (Wildman–Crippen MR) is 93.3 cm³/mol. The average Bonchev–Trinajstić information content (AvgIpc) is 2.54. The van der Waals surface area contributed by atoms with E-state index in [1.807, 2.05) is 30.3 Å². The summed E-state index contributed by atoms with van der Waals surface area (Å²) in [5, 5.41) is 10.9. The van der Waals surface area contributed by atoms with Crippen LogP contribution in [0.25, 0.3) is 16.5 Å². The van der Waals surface area contributed by atoms with E-state index < -0.39 is 11.2 Å². The molecule has 2 aromatic carbocycles. The molecule has 0 atom stereocenters. The van der Waals surface area contributed by atoms with Gasteiger partial charge in [0.05, 0.1) is 5.69 Å². The van der Waals surface area contributed by atoms with E-state index in [1.165, 1.54) is 15.3 Å². The number of rotatable bonds is 3. The maximum atomic E-state index is 12.7. The highest BCUT2D eigenvalue weighted by Crippen LogP contribution is 2.27. The lowest BCUT2D eigenvalue weighted by atomic mass is 10.1. The number of fused-ring (bicyclic) bond motifs is 1. The van der Waals surface area contributed by atoms with Crippen LogP contribution < -0.4 is 11.2 Å². The molecule has 0 unspecified atom stereocenters. The van der Waals surface area contributed by atoms with Crippen molar-refractivity contribution in [2.75, 3.05) is 6.61 Å². The number of aryl methyl sites for hydroxylation is 1. The largest absolute Gasteiger partial charge is 0.396 e. The molecular weight excluding hydrogens is 360 g/mol. The summed E-state index contributed by atoms with van der Waals surface area (Å²) in [6, 6.07) is 11.1. The first-order valence-electron chi connectivity index (χ1n) is 7.14. The van der Waals surface area contributed by atoms with Crippen molar-refractivity contribution in [3.8, 4) is 5.69 Å². The Kier molecular flexibility index (Phi) is 4.19. The maximum Gasteiger partial charge on any atom is 0.335 e. The summed E-state index contributed by atoms with van der Waals surface area (Å²) < 4.78 is 3.43. The van der Waals surface area contributed by atoms with Crippen LogP contribution in [0.15, 0.2) is 56.7 Å². The molecule has 0 aliphatic rings. The Bertz CT molecular complexity index is 1000. The SMILES string of the molecule is Cn1cc(CCO)c(=O)n(-c2cccc3c(Br)cccc23)c1=O. The Morgan fingerprint density at radius 2 is 1.78 bits per heavy atom.